The molecule has 0 amide bonds. The topological polar surface area (TPSA) is 71.1 Å². The van der Waals surface area contributed by atoms with Gasteiger partial charge in [0.05, 0.1) is 32.0 Å². The predicted octanol–water partition coefficient (Wildman–Crippen LogP) is 6.26. The Balaban J connectivity index is 1.34. The summed E-state index contributed by atoms with van der Waals surface area (Å²) in [6, 6.07) is 38.5. The fraction of sp³-hybridized carbons (Fsp3) is 0.189. The summed E-state index contributed by atoms with van der Waals surface area (Å²) in [4.78, 5) is 27.7. The van der Waals surface area contributed by atoms with Crippen LogP contribution in [0.1, 0.15) is 22.3 Å². The number of carbonyl (C=O) groups excluding carboxylic acids is 2. The number of ketones is 2. The lowest BCUT2D eigenvalue weighted by Crippen LogP contribution is -2.52. The Morgan fingerprint density at radius 3 is 1.70 bits per heavy atom. The van der Waals surface area contributed by atoms with Crippen LogP contribution in [0.15, 0.2) is 139 Å². The van der Waals surface area contributed by atoms with Gasteiger partial charge in [-0.05, 0) is 22.3 Å². The molecule has 1 heterocycles. The van der Waals surface area contributed by atoms with Gasteiger partial charge in [0.25, 0.3) is 0 Å². The van der Waals surface area contributed by atoms with Crippen LogP contribution in [0.25, 0.3) is 5.57 Å². The van der Waals surface area contributed by atoms with Gasteiger partial charge < -0.3 is 18.9 Å². The molecular weight excluding hydrogens is 540 g/mol. The number of ether oxygens (including phenoxy) is 4. The van der Waals surface area contributed by atoms with Gasteiger partial charge in [0.15, 0.2) is 17.6 Å². The minimum Gasteiger partial charge on any atom is -0.481 e. The van der Waals surface area contributed by atoms with Gasteiger partial charge in [-0.25, -0.2) is 0 Å². The van der Waals surface area contributed by atoms with Crippen molar-refractivity contribution in [3.05, 3.63) is 161 Å². The molecule has 3 atom stereocenters. The molecule has 0 spiro atoms. The van der Waals surface area contributed by atoms with E-state index < -0.39 is 18.3 Å². The van der Waals surface area contributed by atoms with E-state index in [-0.39, 0.29) is 42.7 Å². The first-order valence-electron chi connectivity index (χ1n) is 14.4. The lowest BCUT2D eigenvalue weighted by atomic mass is 9.83. The molecule has 0 saturated carbocycles. The minimum absolute atomic E-state index is 0.00406. The van der Waals surface area contributed by atoms with Crippen LogP contribution in [0.3, 0.4) is 0 Å². The number of carbonyl (C=O) groups is 2. The van der Waals surface area contributed by atoms with Crippen molar-refractivity contribution < 1.29 is 28.5 Å². The Hall–Kier alpha value is -4.62. The Bertz CT molecular complexity index is 1600. The SMILES string of the molecule is O=C1C=C(c2ccccc2)C(=O)C2=C1O[C@H](COCc1ccccc1)[C@@H](OCc1ccccc1)[C@@H]2OCc1ccccc1. The van der Waals surface area contributed by atoms with Gasteiger partial charge in [-0.2, -0.15) is 0 Å². The molecule has 6 rings (SSSR count). The number of rotatable bonds is 11. The van der Waals surface area contributed by atoms with Crippen molar-refractivity contribution in [2.24, 2.45) is 0 Å². The van der Waals surface area contributed by atoms with Crippen LogP contribution in [0.5, 0.6) is 0 Å². The quantitative estimate of drug-likeness (QED) is 0.198. The summed E-state index contributed by atoms with van der Waals surface area (Å²) in [6.07, 6.45) is -0.944. The van der Waals surface area contributed by atoms with E-state index in [0.29, 0.717) is 17.7 Å². The molecule has 0 radical (unpaired) electrons. The Kier molecular flexibility index (Phi) is 8.99. The molecule has 6 nitrogen and oxygen atoms in total. The van der Waals surface area contributed by atoms with E-state index in [0.717, 1.165) is 16.7 Å². The Labute approximate surface area is 251 Å². The van der Waals surface area contributed by atoms with Crippen LogP contribution < -0.4 is 0 Å². The summed E-state index contributed by atoms with van der Waals surface area (Å²) < 4.78 is 25.4. The maximum absolute atomic E-state index is 14.1. The summed E-state index contributed by atoms with van der Waals surface area (Å²) in [5.74, 6) is -0.692. The predicted molar refractivity (Wildman–Crippen MR) is 162 cm³/mol. The van der Waals surface area contributed by atoms with Gasteiger partial charge in [0.1, 0.15) is 12.2 Å². The summed E-state index contributed by atoms with van der Waals surface area (Å²) in [5, 5.41) is 0. The first-order valence-corrected chi connectivity index (χ1v) is 14.4. The van der Waals surface area contributed by atoms with Crippen molar-refractivity contribution in [1.29, 1.82) is 0 Å². The zero-order chi connectivity index (χ0) is 29.4. The zero-order valence-corrected chi connectivity index (χ0v) is 23.6. The van der Waals surface area contributed by atoms with E-state index in [9.17, 15) is 9.59 Å². The van der Waals surface area contributed by atoms with E-state index in [1.165, 1.54) is 6.08 Å². The molecule has 0 fully saturated rings. The largest absolute Gasteiger partial charge is 0.481 e. The maximum Gasteiger partial charge on any atom is 0.221 e. The second kappa shape index (κ2) is 13.6. The maximum atomic E-state index is 14.1. The lowest BCUT2D eigenvalue weighted by Gasteiger charge is -2.40. The number of benzene rings is 4. The van der Waals surface area contributed by atoms with E-state index in [4.69, 9.17) is 18.9 Å². The molecule has 43 heavy (non-hydrogen) atoms. The molecule has 2 aliphatic rings. The third-order valence-electron chi connectivity index (χ3n) is 7.49. The van der Waals surface area contributed by atoms with Crippen LogP contribution in [-0.4, -0.2) is 36.5 Å². The second-order valence-corrected chi connectivity index (χ2v) is 10.5. The Morgan fingerprint density at radius 1 is 0.605 bits per heavy atom. The highest BCUT2D eigenvalue weighted by Gasteiger charge is 2.48. The molecular formula is C37H32O6. The average molecular weight is 573 g/mol. The lowest BCUT2D eigenvalue weighted by molar-refractivity contribution is -0.164. The number of hydrogen-bond donors (Lipinski definition) is 0. The molecule has 1 aliphatic heterocycles. The fourth-order valence-corrected chi connectivity index (χ4v) is 5.33. The van der Waals surface area contributed by atoms with Crippen LogP contribution in [-0.2, 0) is 48.4 Å². The number of allylic oxidation sites excluding steroid dienone is 2. The van der Waals surface area contributed by atoms with Crippen molar-refractivity contribution in [1.82, 2.24) is 0 Å². The standard InChI is InChI=1S/C37H32O6/c38-31-21-30(29-19-11-4-12-20-29)34(39)33-35(31)43-32(25-40-22-26-13-5-1-6-14-26)36(41-23-27-15-7-2-8-16-27)37(33)42-24-28-17-9-3-10-18-28/h1-21,32,36-37H,22-25H2/t32-,36-,37-/m1/s1. The molecule has 0 saturated heterocycles. The molecule has 0 unspecified atom stereocenters. The summed E-state index contributed by atoms with van der Waals surface area (Å²) in [6.45, 7) is 0.976. The highest BCUT2D eigenvalue weighted by atomic mass is 16.6. The molecule has 4 aromatic carbocycles. The molecule has 0 N–H and O–H groups in total. The van der Waals surface area contributed by atoms with E-state index in [1.807, 2.05) is 121 Å². The van der Waals surface area contributed by atoms with Crippen molar-refractivity contribution >= 4 is 17.1 Å². The van der Waals surface area contributed by atoms with Crippen LogP contribution in [0, 0.1) is 0 Å². The van der Waals surface area contributed by atoms with E-state index in [1.54, 1.807) is 0 Å². The molecule has 4 aromatic rings. The third kappa shape index (κ3) is 6.73. The van der Waals surface area contributed by atoms with Crippen LogP contribution in [0.2, 0.25) is 0 Å². The Morgan fingerprint density at radius 2 is 1.12 bits per heavy atom. The van der Waals surface area contributed by atoms with Crippen molar-refractivity contribution in [2.45, 2.75) is 38.1 Å². The van der Waals surface area contributed by atoms with Crippen molar-refractivity contribution in [3.63, 3.8) is 0 Å². The van der Waals surface area contributed by atoms with E-state index in [2.05, 4.69) is 0 Å². The average Bonchev–Trinajstić information content (AvgIpc) is 3.06. The van der Waals surface area contributed by atoms with Gasteiger partial charge in [-0.1, -0.05) is 121 Å². The van der Waals surface area contributed by atoms with Crippen LogP contribution >= 0.6 is 0 Å². The monoisotopic (exact) mass is 572 g/mol. The van der Waals surface area contributed by atoms with Gasteiger partial charge in [-0.15, -0.1) is 0 Å². The zero-order valence-electron chi connectivity index (χ0n) is 23.6. The first-order chi connectivity index (χ1) is 21.2. The summed E-state index contributed by atoms with van der Waals surface area (Å²) in [7, 11) is 0. The highest BCUT2D eigenvalue weighted by molar-refractivity contribution is 6.37. The van der Waals surface area contributed by atoms with Crippen molar-refractivity contribution in [3.8, 4) is 0 Å². The number of Topliss-reactive ketones (excluding diaryl/α,β-unsaturated/α-hetero) is 1. The van der Waals surface area contributed by atoms with Crippen LogP contribution in [0.4, 0.5) is 0 Å². The molecule has 6 heteroatoms. The number of hydrogen-bond acceptors (Lipinski definition) is 6. The van der Waals surface area contributed by atoms with Gasteiger partial charge >= 0.3 is 0 Å². The van der Waals surface area contributed by atoms with E-state index >= 15 is 0 Å². The van der Waals surface area contributed by atoms with Gasteiger partial charge in [-0.3, -0.25) is 9.59 Å². The summed E-state index contributed by atoms with van der Waals surface area (Å²) >= 11 is 0. The fourth-order valence-electron chi connectivity index (χ4n) is 5.33. The smallest absolute Gasteiger partial charge is 0.221 e. The summed E-state index contributed by atoms with van der Waals surface area (Å²) in [5.41, 5.74) is 4.05. The van der Waals surface area contributed by atoms with Gasteiger partial charge in [0.2, 0.25) is 5.78 Å². The first kappa shape index (κ1) is 28.5. The normalized spacial score (nSPS) is 19.9. The second-order valence-electron chi connectivity index (χ2n) is 10.5. The minimum atomic E-state index is -0.873. The van der Waals surface area contributed by atoms with Gasteiger partial charge in [0, 0.05) is 11.6 Å². The van der Waals surface area contributed by atoms with Crippen molar-refractivity contribution in [2.75, 3.05) is 6.61 Å². The molecule has 1 aliphatic carbocycles. The molecule has 0 aromatic heterocycles. The molecule has 0 bridgehead atoms. The highest BCUT2D eigenvalue weighted by Crippen LogP contribution is 2.38. The molecule has 216 valence electrons. The third-order valence-corrected chi connectivity index (χ3v) is 7.49.